The molecule has 1 heterocycles. The highest BCUT2D eigenvalue weighted by Crippen LogP contribution is 2.34. The Kier molecular flexibility index (Phi) is 9.80. The van der Waals surface area contributed by atoms with Gasteiger partial charge in [-0.1, -0.05) is 38.2 Å². The third kappa shape index (κ3) is 8.60. The van der Waals surface area contributed by atoms with E-state index in [1.165, 1.54) is 51.2 Å². The van der Waals surface area contributed by atoms with Crippen LogP contribution in [0.3, 0.4) is 0 Å². The molecule has 1 aliphatic carbocycles. The summed E-state index contributed by atoms with van der Waals surface area (Å²) in [5.41, 5.74) is 0.0734. The molecule has 190 valence electrons. The zero-order valence-corrected chi connectivity index (χ0v) is 20.2. The molecule has 1 aromatic carbocycles. The standard InChI is InChI=1S/C26H38F3N3O2/c1-20(33)30-19-25(34)7-2-4-21-8-10-22(11-9-21)12-13-31-14-16-32(17-15-31)24-6-3-5-23(18-24)26(27,28)29/h3,5-6,18,21-22H,2,4,7-17,19H2,1H3,(H,30,33). The number of halogens is 3. The second-order valence-electron chi connectivity index (χ2n) is 9.89. The minimum Gasteiger partial charge on any atom is -0.369 e. The van der Waals surface area contributed by atoms with Gasteiger partial charge in [0.2, 0.25) is 5.91 Å². The van der Waals surface area contributed by atoms with Gasteiger partial charge in [-0.05, 0) is 49.4 Å². The van der Waals surface area contributed by atoms with Crippen LogP contribution in [0.25, 0.3) is 0 Å². The molecule has 0 atom stereocenters. The number of nitrogens with zero attached hydrogens (tertiary/aromatic N) is 2. The van der Waals surface area contributed by atoms with E-state index in [4.69, 9.17) is 0 Å². The van der Waals surface area contributed by atoms with Crippen molar-refractivity contribution in [2.75, 3.05) is 44.2 Å². The van der Waals surface area contributed by atoms with Crippen molar-refractivity contribution in [2.24, 2.45) is 11.8 Å². The summed E-state index contributed by atoms with van der Waals surface area (Å²) in [4.78, 5) is 27.1. The molecule has 8 heteroatoms. The molecule has 1 N–H and O–H groups in total. The monoisotopic (exact) mass is 481 g/mol. The van der Waals surface area contributed by atoms with Crippen LogP contribution in [0.2, 0.25) is 0 Å². The fourth-order valence-corrected chi connectivity index (χ4v) is 5.18. The van der Waals surface area contributed by atoms with Crippen molar-refractivity contribution in [3.05, 3.63) is 29.8 Å². The van der Waals surface area contributed by atoms with E-state index in [2.05, 4.69) is 15.1 Å². The molecule has 0 aromatic heterocycles. The highest BCUT2D eigenvalue weighted by Gasteiger charge is 2.31. The van der Waals surface area contributed by atoms with E-state index in [1.807, 2.05) is 0 Å². The molecule has 2 fully saturated rings. The van der Waals surface area contributed by atoms with Gasteiger partial charge in [0.05, 0.1) is 12.1 Å². The van der Waals surface area contributed by atoms with Gasteiger partial charge >= 0.3 is 6.18 Å². The van der Waals surface area contributed by atoms with E-state index in [9.17, 15) is 22.8 Å². The molecular formula is C26H38F3N3O2. The van der Waals surface area contributed by atoms with E-state index in [1.54, 1.807) is 6.07 Å². The average Bonchev–Trinajstić information content (AvgIpc) is 2.82. The summed E-state index contributed by atoms with van der Waals surface area (Å²) in [6.45, 7) is 5.92. The second kappa shape index (κ2) is 12.6. The summed E-state index contributed by atoms with van der Waals surface area (Å²) in [5.74, 6) is 1.40. The number of amides is 1. The molecule has 34 heavy (non-hydrogen) atoms. The molecule has 5 nitrogen and oxygen atoms in total. The minimum atomic E-state index is -4.30. The second-order valence-corrected chi connectivity index (χ2v) is 9.89. The minimum absolute atomic E-state index is 0.108. The predicted octanol–water partition coefficient (Wildman–Crippen LogP) is 4.90. The summed E-state index contributed by atoms with van der Waals surface area (Å²) in [5, 5.41) is 2.56. The van der Waals surface area contributed by atoms with Crippen LogP contribution in [0.1, 0.15) is 63.9 Å². The fraction of sp³-hybridized carbons (Fsp3) is 0.692. The summed E-state index contributed by atoms with van der Waals surface area (Å²) >= 11 is 0. The van der Waals surface area contributed by atoms with Crippen LogP contribution in [0, 0.1) is 11.8 Å². The van der Waals surface area contributed by atoms with Gasteiger partial charge in [-0.15, -0.1) is 0 Å². The Bertz CT molecular complexity index is 799. The van der Waals surface area contributed by atoms with Gasteiger partial charge in [0.25, 0.3) is 0 Å². The highest BCUT2D eigenvalue weighted by molar-refractivity contribution is 5.85. The first-order chi connectivity index (χ1) is 16.2. The summed E-state index contributed by atoms with van der Waals surface area (Å²) in [6, 6.07) is 5.64. The Morgan fingerprint density at radius 3 is 2.26 bits per heavy atom. The van der Waals surface area contributed by atoms with Crippen LogP contribution in [0.15, 0.2) is 24.3 Å². The Morgan fingerprint density at radius 2 is 1.65 bits per heavy atom. The van der Waals surface area contributed by atoms with Crippen LogP contribution in [0.4, 0.5) is 18.9 Å². The number of benzene rings is 1. The van der Waals surface area contributed by atoms with E-state index < -0.39 is 11.7 Å². The third-order valence-corrected chi connectivity index (χ3v) is 7.33. The molecule has 0 spiro atoms. The number of piperazine rings is 1. The molecule has 1 aromatic rings. The van der Waals surface area contributed by atoms with Crippen LogP contribution in [0.5, 0.6) is 0 Å². The first kappa shape index (κ1) is 26.5. The third-order valence-electron chi connectivity index (χ3n) is 7.33. The first-order valence-electron chi connectivity index (χ1n) is 12.6. The summed E-state index contributed by atoms with van der Waals surface area (Å²) in [6.07, 6.45) is 4.38. The van der Waals surface area contributed by atoms with Gasteiger partial charge in [0.1, 0.15) is 0 Å². The maximum Gasteiger partial charge on any atom is 0.416 e. The Hall–Kier alpha value is -2.09. The lowest BCUT2D eigenvalue weighted by atomic mass is 9.78. The number of Topliss-reactive ketones (excluding diaryl/α,β-unsaturated/α-hetero) is 1. The van der Waals surface area contributed by atoms with Crippen molar-refractivity contribution in [3.63, 3.8) is 0 Å². The Balaban J connectivity index is 1.29. The lowest BCUT2D eigenvalue weighted by Crippen LogP contribution is -2.47. The largest absolute Gasteiger partial charge is 0.416 e. The zero-order chi connectivity index (χ0) is 24.6. The lowest BCUT2D eigenvalue weighted by molar-refractivity contribution is -0.137. The molecule has 0 bridgehead atoms. The number of hydrogen-bond acceptors (Lipinski definition) is 4. The van der Waals surface area contributed by atoms with Crippen molar-refractivity contribution in [3.8, 4) is 0 Å². The first-order valence-corrected chi connectivity index (χ1v) is 12.6. The number of carbonyl (C=O) groups is 2. The summed E-state index contributed by atoms with van der Waals surface area (Å²) < 4.78 is 39.0. The van der Waals surface area contributed by atoms with Crippen molar-refractivity contribution < 1.29 is 22.8 Å². The van der Waals surface area contributed by atoms with Gasteiger partial charge in [-0.3, -0.25) is 14.5 Å². The number of nitrogens with one attached hydrogen (secondary N) is 1. The molecule has 0 radical (unpaired) electrons. The van der Waals surface area contributed by atoms with Crippen LogP contribution in [-0.4, -0.2) is 55.9 Å². The maximum atomic E-state index is 13.0. The number of hydrogen-bond donors (Lipinski definition) is 1. The fourth-order valence-electron chi connectivity index (χ4n) is 5.18. The van der Waals surface area contributed by atoms with Crippen LogP contribution < -0.4 is 10.2 Å². The molecule has 3 rings (SSSR count). The molecular weight excluding hydrogens is 443 g/mol. The Morgan fingerprint density at radius 1 is 1.00 bits per heavy atom. The molecule has 1 amide bonds. The average molecular weight is 482 g/mol. The number of alkyl halides is 3. The quantitative estimate of drug-likeness (QED) is 0.517. The normalized spacial score (nSPS) is 21.9. The zero-order valence-electron chi connectivity index (χ0n) is 20.2. The van der Waals surface area contributed by atoms with Gasteiger partial charge in [-0.25, -0.2) is 0 Å². The van der Waals surface area contributed by atoms with Crippen LogP contribution >= 0.6 is 0 Å². The lowest BCUT2D eigenvalue weighted by Gasteiger charge is -2.37. The van der Waals surface area contributed by atoms with Crippen molar-refractivity contribution >= 4 is 17.4 Å². The highest BCUT2D eigenvalue weighted by atomic mass is 19.4. The van der Waals surface area contributed by atoms with Crippen molar-refractivity contribution in [1.82, 2.24) is 10.2 Å². The van der Waals surface area contributed by atoms with Gasteiger partial charge in [0, 0.05) is 45.2 Å². The molecule has 0 unspecified atom stereocenters. The number of carbonyl (C=O) groups excluding carboxylic acids is 2. The smallest absolute Gasteiger partial charge is 0.369 e. The maximum absolute atomic E-state index is 13.0. The number of anilines is 1. The van der Waals surface area contributed by atoms with E-state index in [-0.39, 0.29) is 18.2 Å². The molecule has 1 aliphatic heterocycles. The van der Waals surface area contributed by atoms with Gasteiger partial charge < -0.3 is 10.2 Å². The SMILES string of the molecule is CC(=O)NCC(=O)CCCC1CCC(CCN2CCN(c3cccc(C(F)(F)F)c3)CC2)CC1. The predicted molar refractivity (Wildman–Crippen MR) is 128 cm³/mol. The van der Waals surface area contributed by atoms with Gasteiger partial charge in [-0.2, -0.15) is 13.2 Å². The van der Waals surface area contributed by atoms with Crippen LogP contribution in [-0.2, 0) is 15.8 Å². The number of ketones is 1. The topological polar surface area (TPSA) is 52.7 Å². The van der Waals surface area contributed by atoms with E-state index >= 15 is 0 Å². The van der Waals surface area contributed by atoms with E-state index in [0.717, 1.165) is 57.5 Å². The molecule has 2 aliphatic rings. The Labute approximate surface area is 201 Å². The molecule has 1 saturated carbocycles. The summed E-state index contributed by atoms with van der Waals surface area (Å²) in [7, 11) is 0. The molecule has 1 saturated heterocycles. The van der Waals surface area contributed by atoms with Crippen molar-refractivity contribution in [1.29, 1.82) is 0 Å². The van der Waals surface area contributed by atoms with Gasteiger partial charge in [0.15, 0.2) is 5.78 Å². The number of rotatable bonds is 10. The van der Waals surface area contributed by atoms with E-state index in [0.29, 0.717) is 18.0 Å². The van der Waals surface area contributed by atoms with Crippen molar-refractivity contribution in [2.45, 2.75) is 64.5 Å².